The van der Waals surface area contributed by atoms with Crippen molar-refractivity contribution >= 4 is 58.4 Å². The highest BCUT2D eigenvalue weighted by Gasteiger charge is 2.30. The molecule has 2 aromatic carbocycles. The third-order valence-corrected chi connectivity index (χ3v) is 6.99. The molecule has 0 unspecified atom stereocenters. The number of fused-ring (bicyclic) bond motifs is 1. The van der Waals surface area contributed by atoms with Crippen LogP contribution in [0.25, 0.3) is 6.08 Å². The fourth-order valence-electron chi connectivity index (χ4n) is 4.36. The van der Waals surface area contributed by atoms with Crippen molar-refractivity contribution in [3.8, 4) is 0 Å². The summed E-state index contributed by atoms with van der Waals surface area (Å²) in [5, 5.41) is 8.52. The number of benzene rings is 2. The van der Waals surface area contributed by atoms with Crippen molar-refractivity contribution in [2.24, 2.45) is 0 Å². The lowest BCUT2D eigenvalue weighted by molar-refractivity contribution is -0.140. The normalized spacial score (nSPS) is 14.6. The fraction of sp³-hybridized carbons (Fsp3) is 0.400. The van der Waals surface area contributed by atoms with Crippen LogP contribution in [0.1, 0.15) is 68.3 Å². The maximum Gasteiger partial charge on any atom is 0.305 e. The minimum Gasteiger partial charge on any atom is -0.469 e. The number of rotatable bonds is 13. The zero-order chi connectivity index (χ0) is 29.9. The Bertz CT molecular complexity index is 1310. The van der Waals surface area contributed by atoms with E-state index < -0.39 is 35.5 Å². The van der Waals surface area contributed by atoms with Gasteiger partial charge in [0, 0.05) is 25.6 Å². The number of hydrogen-bond donors (Lipinski definition) is 3. The number of anilines is 3. The largest absolute Gasteiger partial charge is 0.469 e. The number of halogens is 2. The maximum atomic E-state index is 13.4. The van der Waals surface area contributed by atoms with Crippen LogP contribution in [0.2, 0.25) is 5.02 Å². The Hall–Kier alpha value is -3.92. The Labute approximate surface area is 244 Å². The average Bonchev–Trinajstić information content (AvgIpc) is 3.05. The molecule has 0 spiro atoms. The summed E-state index contributed by atoms with van der Waals surface area (Å²) in [6.07, 6.45) is 6.50. The molecular weight excluding hydrogens is 551 g/mol. The Kier molecular flexibility index (Phi) is 11.7. The molecule has 1 aliphatic rings. The molecule has 11 heteroatoms. The fourth-order valence-corrected chi connectivity index (χ4v) is 4.59. The van der Waals surface area contributed by atoms with E-state index >= 15 is 0 Å². The Balaban J connectivity index is 1.98. The lowest BCUT2D eigenvalue weighted by Gasteiger charge is -2.28. The molecule has 9 nitrogen and oxygen atoms in total. The third kappa shape index (κ3) is 8.78. The van der Waals surface area contributed by atoms with E-state index in [0.29, 0.717) is 30.0 Å². The van der Waals surface area contributed by atoms with Crippen LogP contribution < -0.4 is 20.9 Å². The second-order valence-corrected chi connectivity index (χ2v) is 10.1. The molecule has 0 saturated heterocycles. The number of nitrogens with zero attached hydrogens (tertiary/aromatic N) is 1. The zero-order valence-corrected chi connectivity index (χ0v) is 24.3. The monoisotopic (exact) mass is 586 g/mol. The number of hydrogen-bond acceptors (Lipinski definition) is 6. The molecule has 1 aliphatic heterocycles. The highest BCUT2D eigenvalue weighted by molar-refractivity contribution is 6.32. The van der Waals surface area contributed by atoms with Crippen molar-refractivity contribution in [1.29, 1.82) is 0 Å². The molecular formula is C30H36ClFN4O5. The van der Waals surface area contributed by atoms with Crippen molar-refractivity contribution in [2.45, 2.75) is 58.4 Å². The van der Waals surface area contributed by atoms with Gasteiger partial charge in [-0.25, -0.2) is 4.39 Å². The van der Waals surface area contributed by atoms with Gasteiger partial charge in [-0.3, -0.25) is 19.2 Å². The summed E-state index contributed by atoms with van der Waals surface area (Å²) < 4.78 is 18.1. The molecule has 0 radical (unpaired) electrons. The molecule has 220 valence electrons. The molecule has 41 heavy (non-hydrogen) atoms. The number of methoxy groups -OCH3 is 1. The molecule has 0 saturated carbocycles. The van der Waals surface area contributed by atoms with E-state index in [1.165, 1.54) is 31.4 Å². The summed E-state index contributed by atoms with van der Waals surface area (Å²) in [5.74, 6) is -2.39. The molecule has 0 bridgehead atoms. The van der Waals surface area contributed by atoms with Gasteiger partial charge in [0.25, 0.3) is 5.91 Å². The van der Waals surface area contributed by atoms with Crippen molar-refractivity contribution in [3.63, 3.8) is 0 Å². The minimum atomic E-state index is -0.935. The maximum absolute atomic E-state index is 13.4. The van der Waals surface area contributed by atoms with E-state index in [2.05, 4.69) is 39.4 Å². The van der Waals surface area contributed by atoms with Crippen LogP contribution in [0.4, 0.5) is 21.5 Å². The Morgan fingerprint density at radius 1 is 1.12 bits per heavy atom. The average molecular weight is 587 g/mol. The molecule has 2 aromatic rings. The van der Waals surface area contributed by atoms with E-state index in [4.69, 9.17) is 11.6 Å². The highest BCUT2D eigenvalue weighted by Crippen LogP contribution is 2.35. The van der Waals surface area contributed by atoms with Gasteiger partial charge in [0.2, 0.25) is 11.8 Å². The van der Waals surface area contributed by atoms with Crippen LogP contribution in [0, 0.1) is 5.82 Å². The van der Waals surface area contributed by atoms with Crippen LogP contribution in [0.5, 0.6) is 0 Å². The number of nitrogens with one attached hydrogen (secondary N) is 3. The van der Waals surface area contributed by atoms with Crippen LogP contribution in [-0.4, -0.2) is 49.9 Å². The summed E-state index contributed by atoms with van der Waals surface area (Å²) in [6, 6.07) is 6.20. The topological polar surface area (TPSA) is 117 Å². The number of unbranched alkanes of at least 4 members (excludes halogenated alkanes) is 2. The Morgan fingerprint density at radius 3 is 2.46 bits per heavy atom. The van der Waals surface area contributed by atoms with E-state index in [0.717, 1.165) is 31.7 Å². The Morgan fingerprint density at radius 2 is 1.83 bits per heavy atom. The van der Waals surface area contributed by atoms with Crippen molar-refractivity contribution in [3.05, 3.63) is 58.4 Å². The van der Waals surface area contributed by atoms with Crippen LogP contribution in [0.15, 0.2) is 36.4 Å². The molecule has 0 aliphatic carbocycles. The highest BCUT2D eigenvalue weighted by atomic mass is 35.5. The van der Waals surface area contributed by atoms with Gasteiger partial charge < -0.3 is 25.6 Å². The predicted molar refractivity (Wildman–Crippen MR) is 159 cm³/mol. The second-order valence-electron chi connectivity index (χ2n) is 9.73. The summed E-state index contributed by atoms with van der Waals surface area (Å²) in [7, 11) is 1.26. The number of ether oxygens (including phenoxy) is 1. The summed E-state index contributed by atoms with van der Waals surface area (Å²) in [5.41, 5.74) is 2.02. The third-order valence-electron chi connectivity index (χ3n) is 6.66. The lowest BCUT2D eigenvalue weighted by Crippen LogP contribution is -2.41. The van der Waals surface area contributed by atoms with Gasteiger partial charge >= 0.3 is 5.97 Å². The number of amides is 3. The van der Waals surface area contributed by atoms with Gasteiger partial charge in [-0.15, -0.1) is 0 Å². The first-order chi connectivity index (χ1) is 19.7. The first kappa shape index (κ1) is 31.6. The van der Waals surface area contributed by atoms with Gasteiger partial charge in [-0.1, -0.05) is 44.4 Å². The van der Waals surface area contributed by atoms with E-state index in [9.17, 15) is 23.6 Å². The molecule has 3 N–H and O–H groups in total. The summed E-state index contributed by atoms with van der Waals surface area (Å²) >= 11 is 6.09. The van der Waals surface area contributed by atoms with Crippen LogP contribution in [-0.2, 0) is 19.1 Å². The molecule has 3 amide bonds. The molecule has 1 atom stereocenters. The minimum absolute atomic E-state index is 0.0377. The first-order valence-electron chi connectivity index (χ1n) is 13.7. The van der Waals surface area contributed by atoms with Crippen molar-refractivity contribution < 1.29 is 28.3 Å². The van der Waals surface area contributed by atoms with Crippen LogP contribution >= 0.6 is 11.6 Å². The first-order valence-corrected chi connectivity index (χ1v) is 14.1. The van der Waals surface area contributed by atoms with Gasteiger partial charge in [0.15, 0.2) is 0 Å². The van der Waals surface area contributed by atoms with Gasteiger partial charge in [0.05, 0.1) is 34.8 Å². The van der Waals surface area contributed by atoms with Crippen LogP contribution in [0.3, 0.4) is 0 Å². The predicted octanol–water partition coefficient (Wildman–Crippen LogP) is 5.54. The lowest BCUT2D eigenvalue weighted by atomic mass is 10.1. The smallest absolute Gasteiger partial charge is 0.305 e. The quantitative estimate of drug-likeness (QED) is 0.210. The number of carbonyl (C=O) groups is 4. The molecule has 3 rings (SSSR count). The summed E-state index contributed by atoms with van der Waals surface area (Å²) in [6.45, 7) is 5.57. The van der Waals surface area contributed by atoms with E-state index in [1.807, 2.05) is 0 Å². The molecule has 0 fully saturated rings. The standard InChI is InChI=1S/C30H36ClFN4O5/c1-4-6-14-36(15-7-5-2)26-17-21-24(35-30(40)23(34-29(21)39)11-13-28(38)41-3)18-25(26)33-27(37)12-9-19-8-10-20(32)16-22(19)31/h8-10,12,16-18,23H,4-7,11,13-15H2,1-3H3,(H,33,37)(H,34,39)(H,35,40)/b12-9+/t23-/m1/s1. The van der Waals surface area contributed by atoms with E-state index in [1.54, 1.807) is 12.1 Å². The summed E-state index contributed by atoms with van der Waals surface area (Å²) in [4.78, 5) is 53.0. The zero-order valence-electron chi connectivity index (χ0n) is 23.5. The molecule has 0 aromatic heterocycles. The van der Waals surface area contributed by atoms with Crippen molar-refractivity contribution in [2.75, 3.05) is 35.7 Å². The SMILES string of the molecule is CCCCN(CCCC)c1cc2c(cc1NC(=O)/C=C/c1ccc(F)cc1Cl)NC(=O)[C@@H](CCC(=O)OC)NC2=O. The van der Waals surface area contributed by atoms with Gasteiger partial charge in [-0.05, 0) is 55.2 Å². The van der Waals surface area contributed by atoms with Gasteiger partial charge in [-0.2, -0.15) is 0 Å². The second kappa shape index (κ2) is 15.2. The van der Waals surface area contributed by atoms with Crippen molar-refractivity contribution in [1.82, 2.24) is 5.32 Å². The number of carbonyl (C=O) groups excluding carboxylic acids is 4. The van der Waals surface area contributed by atoms with Gasteiger partial charge in [0.1, 0.15) is 11.9 Å². The van der Waals surface area contributed by atoms with E-state index in [-0.39, 0.29) is 29.1 Å². The number of esters is 1. The molecule has 1 heterocycles.